The van der Waals surface area contributed by atoms with Crippen LogP contribution in [0.15, 0.2) is 30.6 Å². The molecule has 1 aliphatic carbocycles. The van der Waals surface area contributed by atoms with E-state index in [0.29, 0.717) is 17.7 Å². The third kappa shape index (κ3) is 2.98. The Morgan fingerprint density at radius 2 is 2.07 bits per heavy atom. The van der Waals surface area contributed by atoms with Crippen molar-refractivity contribution < 1.29 is 4.79 Å². The molecular formula is C20H24N6O. The zero-order valence-electron chi connectivity index (χ0n) is 15.7. The van der Waals surface area contributed by atoms with Crippen molar-refractivity contribution in [2.75, 3.05) is 39.0 Å². The Bertz CT molecular complexity index is 1010. The molecule has 3 aromatic rings. The standard InChI is InChI=1S/C20H24N6O/c1-25(2)11-9-23-15-4-5-16-18-17(15)20(27)13-6-8-22-12-14(13)19(18)24-26(16)10-3-7-21/h4-6,8,12,23H,3,7,9-11,21H2,1-2H3. The van der Waals surface area contributed by atoms with E-state index in [4.69, 9.17) is 10.8 Å². The number of aromatic nitrogens is 3. The second-order valence-electron chi connectivity index (χ2n) is 7.08. The highest BCUT2D eigenvalue weighted by atomic mass is 16.1. The van der Waals surface area contributed by atoms with Gasteiger partial charge in [0.2, 0.25) is 0 Å². The number of anilines is 1. The number of rotatable bonds is 7. The Balaban J connectivity index is 1.89. The molecule has 4 rings (SSSR count). The number of carbonyl (C=O) groups excluding carboxylic acids is 1. The third-order valence-corrected chi connectivity index (χ3v) is 4.92. The lowest BCUT2D eigenvalue weighted by Crippen LogP contribution is -2.22. The Kier molecular flexibility index (Phi) is 4.63. The summed E-state index contributed by atoms with van der Waals surface area (Å²) in [7, 11) is 4.06. The highest BCUT2D eigenvalue weighted by molar-refractivity contribution is 6.27. The summed E-state index contributed by atoms with van der Waals surface area (Å²) >= 11 is 0. The number of nitrogens with one attached hydrogen (secondary N) is 1. The number of fused-ring (bicyclic) bond motifs is 2. The van der Waals surface area contributed by atoms with Crippen LogP contribution in [-0.4, -0.2) is 59.2 Å². The minimum absolute atomic E-state index is 0.0243. The molecule has 0 saturated heterocycles. The van der Waals surface area contributed by atoms with Gasteiger partial charge in [-0.1, -0.05) is 0 Å². The summed E-state index contributed by atoms with van der Waals surface area (Å²) < 4.78 is 1.96. The number of hydrogen-bond acceptors (Lipinski definition) is 6. The monoisotopic (exact) mass is 364 g/mol. The number of nitrogens with zero attached hydrogens (tertiary/aromatic N) is 4. The molecule has 0 radical (unpaired) electrons. The predicted molar refractivity (Wildman–Crippen MR) is 107 cm³/mol. The van der Waals surface area contributed by atoms with E-state index in [2.05, 4.69) is 15.2 Å². The van der Waals surface area contributed by atoms with E-state index in [9.17, 15) is 4.79 Å². The van der Waals surface area contributed by atoms with Crippen LogP contribution in [0.4, 0.5) is 5.69 Å². The number of aryl methyl sites for hydroxylation is 1. The predicted octanol–water partition coefficient (Wildman–Crippen LogP) is 1.96. The van der Waals surface area contributed by atoms with Gasteiger partial charge < -0.3 is 16.0 Å². The number of likely N-dealkylation sites (N-methyl/N-ethyl adjacent to an activating group) is 1. The summed E-state index contributed by atoms with van der Waals surface area (Å²) in [5.41, 5.74) is 10.5. The number of nitrogens with two attached hydrogens (primary N) is 1. The quantitative estimate of drug-likeness (QED) is 0.521. The Morgan fingerprint density at radius 1 is 1.22 bits per heavy atom. The van der Waals surface area contributed by atoms with Crippen molar-refractivity contribution in [2.45, 2.75) is 13.0 Å². The minimum Gasteiger partial charge on any atom is -0.383 e. The second-order valence-corrected chi connectivity index (χ2v) is 7.08. The van der Waals surface area contributed by atoms with E-state index < -0.39 is 0 Å². The number of benzene rings is 1. The number of ketones is 1. The summed E-state index contributed by atoms with van der Waals surface area (Å²) in [5, 5.41) is 9.15. The maximum atomic E-state index is 13.3. The number of carbonyl (C=O) groups is 1. The van der Waals surface area contributed by atoms with E-state index >= 15 is 0 Å². The Hall–Kier alpha value is -2.77. The van der Waals surface area contributed by atoms with Crippen molar-refractivity contribution >= 4 is 22.4 Å². The van der Waals surface area contributed by atoms with E-state index in [-0.39, 0.29) is 5.78 Å². The van der Waals surface area contributed by atoms with Crippen LogP contribution in [0.3, 0.4) is 0 Å². The highest BCUT2D eigenvalue weighted by Crippen LogP contribution is 2.41. The molecule has 2 heterocycles. The normalized spacial score (nSPS) is 12.7. The fraction of sp³-hybridized carbons (Fsp3) is 0.350. The summed E-state index contributed by atoms with van der Waals surface area (Å²) in [6.45, 7) is 2.97. The molecule has 0 atom stereocenters. The average molecular weight is 364 g/mol. The fourth-order valence-electron chi connectivity index (χ4n) is 3.58. The van der Waals surface area contributed by atoms with Gasteiger partial charge in [0.15, 0.2) is 5.78 Å². The maximum absolute atomic E-state index is 13.3. The lowest BCUT2D eigenvalue weighted by atomic mass is 9.87. The average Bonchev–Trinajstić information content (AvgIpc) is 3.04. The molecule has 0 fully saturated rings. The van der Waals surface area contributed by atoms with E-state index in [1.165, 1.54) is 0 Å². The van der Waals surface area contributed by atoms with Crippen molar-refractivity contribution in [3.63, 3.8) is 0 Å². The zero-order chi connectivity index (χ0) is 19.0. The van der Waals surface area contributed by atoms with E-state index in [0.717, 1.165) is 53.9 Å². The number of hydrogen-bond donors (Lipinski definition) is 2. The van der Waals surface area contributed by atoms with Crippen molar-refractivity contribution in [1.82, 2.24) is 19.7 Å². The van der Waals surface area contributed by atoms with Crippen LogP contribution in [0.1, 0.15) is 22.3 Å². The van der Waals surface area contributed by atoms with Crippen LogP contribution in [0.2, 0.25) is 0 Å². The van der Waals surface area contributed by atoms with Crippen LogP contribution in [0, 0.1) is 0 Å². The Labute approximate surface area is 158 Å². The molecule has 0 aliphatic heterocycles. The molecule has 3 N–H and O–H groups in total. The number of pyridine rings is 1. The minimum atomic E-state index is 0.0243. The molecule has 0 spiro atoms. The molecule has 1 aromatic carbocycles. The van der Waals surface area contributed by atoms with Crippen LogP contribution in [-0.2, 0) is 6.54 Å². The second kappa shape index (κ2) is 7.09. The topological polar surface area (TPSA) is 89.1 Å². The first kappa shape index (κ1) is 17.6. The molecule has 0 saturated carbocycles. The molecule has 27 heavy (non-hydrogen) atoms. The van der Waals surface area contributed by atoms with Crippen LogP contribution >= 0.6 is 0 Å². The molecule has 0 unspecified atom stereocenters. The molecule has 7 nitrogen and oxygen atoms in total. The highest BCUT2D eigenvalue weighted by Gasteiger charge is 2.31. The lowest BCUT2D eigenvalue weighted by Gasteiger charge is -2.19. The largest absolute Gasteiger partial charge is 0.383 e. The molecule has 1 aliphatic rings. The van der Waals surface area contributed by atoms with Gasteiger partial charge in [0.1, 0.15) is 5.69 Å². The van der Waals surface area contributed by atoms with Gasteiger partial charge in [0.25, 0.3) is 0 Å². The van der Waals surface area contributed by atoms with Gasteiger partial charge in [-0.3, -0.25) is 14.5 Å². The summed E-state index contributed by atoms with van der Waals surface area (Å²) in [6.07, 6.45) is 4.23. The van der Waals surface area contributed by atoms with E-state index in [1.807, 2.05) is 30.9 Å². The first-order chi connectivity index (χ1) is 13.1. The van der Waals surface area contributed by atoms with Gasteiger partial charge in [-0.05, 0) is 45.3 Å². The van der Waals surface area contributed by atoms with Crippen LogP contribution in [0.5, 0.6) is 0 Å². The van der Waals surface area contributed by atoms with Crippen LogP contribution < -0.4 is 11.1 Å². The summed E-state index contributed by atoms with van der Waals surface area (Å²) in [6, 6.07) is 5.81. The first-order valence-corrected chi connectivity index (χ1v) is 9.23. The van der Waals surface area contributed by atoms with Gasteiger partial charge in [-0.15, -0.1) is 0 Å². The zero-order valence-corrected chi connectivity index (χ0v) is 15.7. The lowest BCUT2D eigenvalue weighted by molar-refractivity contribution is 0.104. The fourth-order valence-corrected chi connectivity index (χ4v) is 3.58. The summed E-state index contributed by atoms with van der Waals surface area (Å²) in [4.78, 5) is 19.6. The van der Waals surface area contributed by atoms with Gasteiger partial charge in [0.05, 0.1) is 11.1 Å². The third-order valence-electron chi connectivity index (χ3n) is 4.92. The van der Waals surface area contributed by atoms with Crippen LogP contribution in [0.25, 0.3) is 22.2 Å². The maximum Gasteiger partial charge on any atom is 0.196 e. The van der Waals surface area contributed by atoms with Crippen molar-refractivity contribution in [1.29, 1.82) is 0 Å². The molecule has 2 aromatic heterocycles. The van der Waals surface area contributed by atoms with Crippen molar-refractivity contribution in [3.05, 3.63) is 41.7 Å². The first-order valence-electron chi connectivity index (χ1n) is 9.23. The van der Waals surface area contributed by atoms with Gasteiger partial charge in [0, 0.05) is 54.2 Å². The molecule has 0 bridgehead atoms. The van der Waals surface area contributed by atoms with E-state index in [1.54, 1.807) is 18.5 Å². The summed E-state index contributed by atoms with van der Waals surface area (Å²) in [5.74, 6) is 0.0243. The molecular weight excluding hydrogens is 340 g/mol. The Morgan fingerprint density at radius 3 is 2.85 bits per heavy atom. The molecule has 140 valence electrons. The van der Waals surface area contributed by atoms with Crippen molar-refractivity contribution in [2.24, 2.45) is 5.73 Å². The SMILES string of the molecule is CN(C)CCNc1ccc2c3c(nn2CCCN)-c2cnccc2C(=O)c13. The smallest absolute Gasteiger partial charge is 0.196 e. The van der Waals surface area contributed by atoms with Gasteiger partial charge in [-0.25, -0.2) is 0 Å². The van der Waals surface area contributed by atoms with Gasteiger partial charge in [-0.2, -0.15) is 5.10 Å². The molecule has 7 heteroatoms. The van der Waals surface area contributed by atoms with Gasteiger partial charge >= 0.3 is 0 Å². The molecule has 0 amide bonds. The van der Waals surface area contributed by atoms with Crippen molar-refractivity contribution in [3.8, 4) is 11.3 Å².